The van der Waals surface area contributed by atoms with Crippen molar-refractivity contribution in [2.24, 2.45) is 0 Å². The lowest BCUT2D eigenvalue weighted by Crippen LogP contribution is -1.75. The molecule has 0 unspecified atom stereocenters. The Hall–Kier alpha value is -0.510. The van der Waals surface area contributed by atoms with Crippen LogP contribution in [0.25, 0.3) is 0 Å². The Kier molecular flexibility index (Phi) is 2.10. The van der Waals surface area contributed by atoms with E-state index in [1.54, 1.807) is 24.3 Å². The summed E-state index contributed by atoms with van der Waals surface area (Å²) in [5.41, 5.74) is 0. The average Bonchev–Trinajstić information content (AvgIpc) is 1.90. The fourth-order valence-corrected chi connectivity index (χ4v) is 1.00. The Morgan fingerprint density at radius 3 is 1.89 bits per heavy atom. The molecule has 0 heterocycles. The number of benzene rings is 1. The maximum absolute atomic E-state index is 8.64. The topological polar surface area (TPSA) is 40.5 Å². The van der Waals surface area contributed by atoms with Crippen LogP contribution in [-0.4, -0.2) is 9.11 Å². The van der Waals surface area contributed by atoms with Crippen LogP contribution in [0.3, 0.4) is 0 Å². The minimum Gasteiger partial charge on any atom is -0.297 e. The molecule has 3 heteroatoms. The molecule has 1 rings (SSSR count). The van der Waals surface area contributed by atoms with Crippen molar-refractivity contribution in [2.75, 3.05) is 0 Å². The van der Waals surface area contributed by atoms with Gasteiger partial charge in [-0.05, 0) is 12.1 Å². The van der Waals surface area contributed by atoms with Crippen LogP contribution in [0, 0.1) is 0 Å². The molecule has 9 heavy (non-hydrogen) atoms. The molecule has 0 atom stereocenters. The van der Waals surface area contributed by atoms with E-state index in [1.165, 1.54) is 0 Å². The number of hydrogen-bond acceptors (Lipinski definition) is 2. The first-order chi connectivity index (χ1) is 4.30. The van der Waals surface area contributed by atoms with Gasteiger partial charge in [0.2, 0.25) is 0 Å². The summed E-state index contributed by atoms with van der Waals surface area (Å²) >= 11 is -1.90. The summed E-state index contributed by atoms with van der Waals surface area (Å²) in [4.78, 5) is 0.590. The van der Waals surface area contributed by atoms with Gasteiger partial charge >= 0.3 is 0 Å². The Morgan fingerprint density at radius 1 is 1.00 bits per heavy atom. The van der Waals surface area contributed by atoms with E-state index in [0.717, 1.165) is 0 Å². The summed E-state index contributed by atoms with van der Waals surface area (Å²) < 4.78 is 17.3. The van der Waals surface area contributed by atoms with Crippen LogP contribution < -0.4 is 0 Å². The molecule has 2 nitrogen and oxygen atoms in total. The van der Waals surface area contributed by atoms with Gasteiger partial charge in [0, 0.05) is 0 Å². The van der Waals surface area contributed by atoms with Crippen LogP contribution >= 0.6 is 11.5 Å². The monoisotopic (exact) mass is 144 g/mol. The first kappa shape index (κ1) is 6.61. The first-order valence-electron chi connectivity index (χ1n) is 2.53. The zero-order valence-corrected chi connectivity index (χ0v) is 5.62. The molecule has 2 N–H and O–H groups in total. The third kappa shape index (κ3) is 1.71. The maximum atomic E-state index is 8.64. The van der Waals surface area contributed by atoms with Crippen LogP contribution in [0.15, 0.2) is 35.2 Å². The molecular weight excluding hydrogens is 136 g/mol. The highest BCUT2D eigenvalue weighted by Gasteiger charge is 1.89. The molecule has 0 radical (unpaired) electrons. The van der Waals surface area contributed by atoms with Crippen molar-refractivity contribution in [1.29, 1.82) is 0 Å². The van der Waals surface area contributed by atoms with Gasteiger partial charge in [0.1, 0.15) is 0 Å². The van der Waals surface area contributed by atoms with E-state index < -0.39 is 11.5 Å². The smallest absolute Gasteiger partial charge is 0.0554 e. The summed E-state index contributed by atoms with van der Waals surface area (Å²) in [6, 6.07) is 8.76. The lowest BCUT2D eigenvalue weighted by atomic mass is 10.4. The van der Waals surface area contributed by atoms with Crippen molar-refractivity contribution in [3.63, 3.8) is 0 Å². The largest absolute Gasteiger partial charge is 0.297 e. The highest BCUT2D eigenvalue weighted by Crippen LogP contribution is 2.25. The molecule has 0 saturated carbocycles. The summed E-state index contributed by atoms with van der Waals surface area (Å²) in [7, 11) is 0. The third-order valence-corrected chi connectivity index (χ3v) is 1.75. The van der Waals surface area contributed by atoms with Gasteiger partial charge in [0.15, 0.2) is 0 Å². The molecule has 0 aliphatic carbocycles. The van der Waals surface area contributed by atoms with Gasteiger partial charge in [-0.25, -0.2) is 0 Å². The van der Waals surface area contributed by atoms with Crippen LogP contribution in [0.1, 0.15) is 0 Å². The predicted octanol–water partition coefficient (Wildman–Crippen LogP) is 1.99. The van der Waals surface area contributed by atoms with Crippen LogP contribution in [-0.2, 0) is 0 Å². The predicted molar refractivity (Wildman–Crippen MR) is 39.0 cm³/mol. The Bertz CT molecular complexity index is 174. The Balaban J connectivity index is 2.85. The molecule has 0 spiro atoms. The summed E-state index contributed by atoms with van der Waals surface area (Å²) in [6.45, 7) is 0. The van der Waals surface area contributed by atoms with E-state index in [2.05, 4.69) is 0 Å². The second-order valence-corrected chi connectivity index (χ2v) is 2.72. The van der Waals surface area contributed by atoms with E-state index in [9.17, 15) is 0 Å². The van der Waals surface area contributed by atoms with Crippen molar-refractivity contribution in [1.82, 2.24) is 0 Å². The van der Waals surface area contributed by atoms with Gasteiger partial charge in [-0.2, -0.15) is 11.5 Å². The van der Waals surface area contributed by atoms with E-state index in [1.807, 2.05) is 6.07 Å². The molecule has 1 aromatic rings. The normalized spacial score (nSPS) is 11.1. The standard InChI is InChI=1S/C6H8O2S/c7-9(8)6-4-2-1-3-5-6/h1-5,7-9H. The molecule has 0 saturated heterocycles. The number of hydrogen-bond donors (Lipinski definition) is 3. The second-order valence-electron chi connectivity index (χ2n) is 1.62. The van der Waals surface area contributed by atoms with Crippen molar-refractivity contribution < 1.29 is 9.11 Å². The van der Waals surface area contributed by atoms with E-state index in [0.29, 0.717) is 4.90 Å². The second kappa shape index (κ2) is 2.87. The molecule has 0 bridgehead atoms. The highest BCUT2D eigenvalue weighted by atomic mass is 32.2. The molecule has 0 aliphatic rings. The average molecular weight is 144 g/mol. The van der Waals surface area contributed by atoms with Gasteiger partial charge in [-0.1, -0.05) is 18.2 Å². The fraction of sp³-hybridized carbons (Fsp3) is 0. The maximum Gasteiger partial charge on any atom is 0.0554 e. The minimum atomic E-state index is -1.90. The molecular formula is C6H8O2S. The molecule has 0 aromatic heterocycles. The van der Waals surface area contributed by atoms with Crippen LogP contribution in [0.4, 0.5) is 0 Å². The van der Waals surface area contributed by atoms with Gasteiger partial charge in [0.25, 0.3) is 0 Å². The number of thiol groups is 1. The Morgan fingerprint density at radius 2 is 1.56 bits per heavy atom. The van der Waals surface area contributed by atoms with Crippen molar-refractivity contribution in [3.05, 3.63) is 30.3 Å². The zero-order chi connectivity index (χ0) is 6.69. The van der Waals surface area contributed by atoms with E-state index in [-0.39, 0.29) is 0 Å². The molecule has 0 amide bonds. The van der Waals surface area contributed by atoms with E-state index >= 15 is 0 Å². The molecule has 50 valence electrons. The lowest BCUT2D eigenvalue weighted by molar-refractivity contribution is 0.516. The number of rotatable bonds is 1. The fourth-order valence-electron chi connectivity index (χ4n) is 0.561. The summed E-state index contributed by atoms with van der Waals surface area (Å²) in [6.07, 6.45) is 0. The van der Waals surface area contributed by atoms with Crippen LogP contribution in [0.5, 0.6) is 0 Å². The molecule has 1 aromatic carbocycles. The van der Waals surface area contributed by atoms with Crippen LogP contribution in [0.2, 0.25) is 0 Å². The van der Waals surface area contributed by atoms with Gasteiger partial charge in [-0.15, -0.1) is 0 Å². The summed E-state index contributed by atoms with van der Waals surface area (Å²) in [5.74, 6) is 0. The quantitative estimate of drug-likeness (QED) is 0.527. The SMILES string of the molecule is O[SH](O)c1ccccc1. The first-order valence-corrected chi connectivity index (χ1v) is 3.78. The van der Waals surface area contributed by atoms with Crippen molar-refractivity contribution in [3.8, 4) is 0 Å². The van der Waals surface area contributed by atoms with Gasteiger partial charge in [0.05, 0.1) is 4.90 Å². The highest BCUT2D eigenvalue weighted by molar-refractivity contribution is 8.06. The lowest BCUT2D eigenvalue weighted by Gasteiger charge is -2.08. The van der Waals surface area contributed by atoms with Gasteiger partial charge in [-0.3, -0.25) is 9.11 Å². The van der Waals surface area contributed by atoms with Gasteiger partial charge < -0.3 is 0 Å². The molecule has 0 fully saturated rings. The van der Waals surface area contributed by atoms with Crippen molar-refractivity contribution >= 4 is 11.5 Å². The van der Waals surface area contributed by atoms with Crippen molar-refractivity contribution in [2.45, 2.75) is 4.90 Å². The third-order valence-electron chi connectivity index (χ3n) is 0.987. The zero-order valence-electron chi connectivity index (χ0n) is 4.73. The summed E-state index contributed by atoms with van der Waals surface area (Å²) in [5, 5.41) is 0. The van der Waals surface area contributed by atoms with E-state index in [4.69, 9.17) is 9.11 Å². The molecule has 0 aliphatic heterocycles. The Labute approximate surface area is 56.5 Å². The minimum absolute atomic E-state index is 0.590.